The van der Waals surface area contributed by atoms with Crippen LogP contribution >= 0.6 is 0 Å². The highest BCUT2D eigenvalue weighted by Gasteiger charge is 2.25. The third-order valence-electron chi connectivity index (χ3n) is 4.76. The summed E-state index contributed by atoms with van der Waals surface area (Å²) < 4.78 is 10.2. The van der Waals surface area contributed by atoms with Crippen molar-refractivity contribution in [3.05, 3.63) is 42.0 Å². The van der Waals surface area contributed by atoms with Crippen LogP contribution < -0.4 is 10.1 Å². The molecule has 0 radical (unpaired) electrons. The summed E-state index contributed by atoms with van der Waals surface area (Å²) in [5.41, 5.74) is 1.58. The fourth-order valence-corrected chi connectivity index (χ4v) is 3.03. The van der Waals surface area contributed by atoms with E-state index in [2.05, 4.69) is 46.5 Å². The Bertz CT molecular complexity index is 634. The van der Waals surface area contributed by atoms with E-state index in [0.29, 0.717) is 35.0 Å². The van der Waals surface area contributed by atoms with Crippen molar-refractivity contribution in [2.75, 3.05) is 13.2 Å². The smallest absolute Gasteiger partial charge is 0.412 e. The summed E-state index contributed by atoms with van der Waals surface area (Å²) >= 11 is 0. The molecule has 150 valence electrons. The molecular formula is C22H33NO4. The number of rotatable bonds is 9. The lowest BCUT2D eigenvalue weighted by Crippen LogP contribution is -2.30. The lowest BCUT2D eigenvalue weighted by molar-refractivity contribution is -0.138. The number of hydrogen-bond acceptors (Lipinski definition) is 4. The summed E-state index contributed by atoms with van der Waals surface area (Å²) in [5.74, 6) is 2.14. The minimum Gasteiger partial charge on any atom is -0.460 e. The van der Waals surface area contributed by atoms with Gasteiger partial charge < -0.3 is 14.8 Å². The number of esters is 1. The van der Waals surface area contributed by atoms with E-state index in [-0.39, 0.29) is 13.2 Å². The van der Waals surface area contributed by atoms with Crippen LogP contribution in [0.4, 0.5) is 4.79 Å². The van der Waals surface area contributed by atoms with Crippen molar-refractivity contribution in [2.24, 2.45) is 17.8 Å². The number of benzene rings is 1. The molecule has 2 unspecified atom stereocenters. The van der Waals surface area contributed by atoms with Gasteiger partial charge in [0, 0.05) is 5.57 Å². The molecule has 1 rings (SSSR count). The van der Waals surface area contributed by atoms with Gasteiger partial charge in [-0.2, -0.15) is 0 Å². The summed E-state index contributed by atoms with van der Waals surface area (Å²) in [6, 6.07) is 7.69. The van der Waals surface area contributed by atoms with Crippen LogP contribution in [0.2, 0.25) is 0 Å². The normalized spacial score (nSPS) is 13.2. The molecule has 27 heavy (non-hydrogen) atoms. The minimum absolute atomic E-state index is 0.0723. The fraction of sp³-hybridized carbons (Fsp3) is 0.545. The number of carbonyl (C=O) groups excluding carboxylic acids is 2. The maximum Gasteiger partial charge on any atom is 0.412 e. The van der Waals surface area contributed by atoms with Gasteiger partial charge >= 0.3 is 12.1 Å². The summed E-state index contributed by atoms with van der Waals surface area (Å²) in [6.07, 6.45) is -0.579. The van der Waals surface area contributed by atoms with Crippen LogP contribution in [-0.4, -0.2) is 25.2 Å². The highest BCUT2D eigenvalue weighted by atomic mass is 16.6. The van der Waals surface area contributed by atoms with E-state index in [1.165, 1.54) is 5.56 Å². The van der Waals surface area contributed by atoms with Crippen molar-refractivity contribution in [3.63, 3.8) is 0 Å². The summed E-state index contributed by atoms with van der Waals surface area (Å²) in [6.45, 7) is 16.6. The summed E-state index contributed by atoms with van der Waals surface area (Å²) in [4.78, 5) is 23.1. The van der Waals surface area contributed by atoms with Gasteiger partial charge in [0.25, 0.3) is 0 Å². The van der Waals surface area contributed by atoms with Crippen LogP contribution in [0.5, 0.6) is 5.75 Å². The van der Waals surface area contributed by atoms with Gasteiger partial charge in [-0.1, -0.05) is 53.3 Å². The lowest BCUT2D eigenvalue weighted by atomic mass is 9.74. The van der Waals surface area contributed by atoms with Crippen molar-refractivity contribution in [1.82, 2.24) is 5.32 Å². The van der Waals surface area contributed by atoms with Gasteiger partial charge in [-0.3, -0.25) is 0 Å². The number of hydrogen-bond donors (Lipinski definition) is 1. The average molecular weight is 376 g/mol. The standard InChI is InChI=1S/C22H33NO4/c1-14(2)17(7)20(15(3)4)18-8-10-19(11-9-18)27-22(25)23-12-13-26-21(24)16(5)6/h8-11,14-15,17,20H,5,12-13H2,1-4,6-7H3,(H,23,25). The molecule has 1 aromatic rings. The Morgan fingerprint density at radius 2 is 1.63 bits per heavy atom. The third kappa shape index (κ3) is 7.45. The fourth-order valence-electron chi connectivity index (χ4n) is 3.03. The molecule has 0 heterocycles. The van der Waals surface area contributed by atoms with E-state index < -0.39 is 12.1 Å². The molecule has 5 heteroatoms. The molecule has 0 spiro atoms. The number of amides is 1. The molecule has 1 aromatic carbocycles. The van der Waals surface area contributed by atoms with Gasteiger partial charge in [0.1, 0.15) is 12.4 Å². The second-order valence-electron chi connectivity index (χ2n) is 7.67. The Morgan fingerprint density at radius 3 is 2.11 bits per heavy atom. The van der Waals surface area contributed by atoms with Crippen LogP contribution in [0, 0.1) is 17.8 Å². The molecule has 0 aromatic heterocycles. The molecule has 5 nitrogen and oxygen atoms in total. The van der Waals surface area contributed by atoms with Gasteiger partial charge in [0.05, 0.1) is 6.54 Å². The second-order valence-corrected chi connectivity index (χ2v) is 7.67. The molecule has 0 aliphatic rings. The number of nitrogens with one attached hydrogen (secondary N) is 1. The van der Waals surface area contributed by atoms with Crippen LogP contribution in [0.1, 0.15) is 53.0 Å². The highest BCUT2D eigenvalue weighted by molar-refractivity contribution is 5.86. The zero-order valence-electron chi connectivity index (χ0n) is 17.4. The van der Waals surface area contributed by atoms with Crippen molar-refractivity contribution in [2.45, 2.75) is 47.5 Å². The monoisotopic (exact) mass is 375 g/mol. The number of carbonyl (C=O) groups is 2. The molecule has 0 aliphatic heterocycles. The Kier molecular flexibility index (Phi) is 9.06. The Labute approximate surface area is 163 Å². The van der Waals surface area contributed by atoms with E-state index in [1.54, 1.807) is 6.92 Å². The third-order valence-corrected chi connectivity index (χ3v) is 4.76. The summed E-state index contributed by atoms with van der Waals surface area (Å²) in [5, 5.41) is 2.55. The van der Waals surface area contributed by atoms with E-state index in [0.717, 1.165) is 0 Å². The minimum atomic E-state index is -0.579. The lowest BCUT2D eigenvalue weighted by Gasteiger charge is -2.30. The largest absolute Gasteiger partial charge is 0.460 e. The first-order chi connectivity index (χ1) is 12.6. The van der Waals surface area contributed by atoms with E-state index in [4.69, 9.17) is 9.47 Å². The Morgan fingerprint density at radius 1 is 1.04 bits per heavy atom. The first-order valence-electron chi connectivity index (χ1n) is 9.51. The van der Waals surface area contributed by atoms with E-state index in [9.17, 15) is 9.59 Å². The molecular weight excluding hydrogens is 342 g/mol. The van der Waals surface area contributed by atoms with E-state index in [1.807, 2.05) is 24.3 Å². The first-order valence-corrected chi connectivity index (χ1v) is 9.51. The molecule has 2 atom stereocenters. The van der Waals surface area contributed by atoms with Crippen LogP contribution in [-0.2, 0) is 9.53 Å². The van der Waals surface area contributed by atoms with Gasteiger partial charge in [0.15, 0.2) is 0 Å². The Hall–Kier alpha value is -2.30. The van der Waals surface area contributed by atoms with Crippen LogP contribution in [0.3, 0.4) is 0 Å². The van der Waals surface area contributed by atoms with Crippen molar-refractivity contribution in [1.29, 1.82) is 0 Å². The zero-order chi connectivity index (χ0) is 20.6. The first kappa shape index (κ1) is 22.7. The predicted octanol–water partition coefficient (Wildman–Crippen LogP) is 4.93. The quantitative estimate of drug-likeness (QED) is 0.378. The van der Waals surface area contributed by atoms with Crippen molar-refractivity contribution in [3.8, 4) is 5.75 Å². The topological polar surface area (TPSA) is 64.6 Å². The van der Waals surface area contributed by atoms with Crippen molar-refractivity contribution < 1.29 is 19.1 Å². The van der Waals surface area contributed by atoms with Crippen molar-refractivity contribution >= 4 is 12.1 Å². The van der Waals surface area contributed by atoms with Gasteiger partial charge in [0.2, 0.25) is 0 Å². The molecule has 1 N–H and O–H groups in total. The predicted molar refractivity (Wildman–Crippen MR) is 108 cm³/mol. The van der Waals surface area contributed by atoms with Gasteiger partial charge in [-0.15, -0.1) is 0 Å². The second kappa shape index (κ2) is 10.8. The maximum absolute atomic E-state index is 11.8. The molecule has 0 aliphatic carbocycles. The zero-order valence-corrected chi connectivity index (χ0v) is 17.4. The summed E-state index contributed by atoms with van der Waals surface area (Å²) in [7, 11) is 0. The van der Waals surface area contributed by atoms with Crippen LogP contribution in [0.15, 0.2) is 36.4 Å². The molecule has 0 saturated heterocycles. The van der Waals surface area contributed by atoms with E-state index >= 15 is 0 Å². The molecule has 0 fully saturated rings. The average Bonchev–Trinajstić information content (AvgIpc) is 2.59. The van der Waals surface area contributed by atoms with Crippen LogP contribution in [0.25, 0.3) is 0 Å². The van der Waals surface area contributed by atoms with Gasteiger partial charge in [-0.05, 0) is 48.3 Å². The number of ether oxygens (including phenoxy) is 2. The highest BCUT2D eigenvalue weighted by Crippen LogP contribution is 2.36. The Balaban J connectivity index is 2.57. The maximum atomic E-state index is 11.8. The molecule has 1 amide bonds. The molecule has 0 saturated carbocycles. The molecule has 0 bridgehead atoms. The van der Waals surface area contributed by atoms with Gasteiger partial charge in [-0.25, -0.2) is 9.59 Å². The SMILES string of the molecule is C=C(C)C(=O)OCCNC(=O)Oc1ccc(C(C(C)C)C(C)C(C)C)cc1.